The molecule has 6 nitrogen and oxygen atoms in total. The van der Waals surface area contributed by atoms with Crippen LogP contribution in [0.5, 0.6) is 5.75 Å². The summed E-state index contributed by atoms with van der Waals surface area (Å²) in [5, 5.41) is 0. The normalized spacial score (nSPS) is 21.1. The van der Waals surface area contributed by atoms with Crippen LogP contribution < -0.4 is 4.74 Å². The third-order valence-corrected chi connectivity index (χ3v) is 6.47. The zero-order valence-electron chi connectivity index (χ0n) is 19.2. The highest BCUT2D eigenvalue weighted by Gasteiger charge is 2.35. The molecular formula is C27H32N2O4. The lowest BCUT2D eigenvalue weighted by Crippen LogP contribution is -2.42. The average Bonchev–Trinajstić information content (AvgIpc) is 3.35. The van der Waals surface area contributed by atoms with E-state index in [1.165, 1.54) is 0 Å². The summed E-state index contributed by atoms with van der Waals surface area (Å²) in [5.41, 5.74) is 3.30. The van der Waals surface area contributed by atoms with Crippen molar-refractivity contribution in [1.29, 1.82) is 0 Å². The summed E-state index contributed by atoms with van der Waals surface area (Å²) >= 11 is 0. The second kappa shape index (κ2) is 10.7. The molecule has 0 radical (unpaired) electrons. The molecule has 2 atom stereocenters. The number of carbonyl (C=O) groups excluding carboxylic acids is 2. The van der Waals surface area contributed by atoms with Crippen molar-refractivity contribution in [3.05, 3.63) is 66.7 Å². The van der Waals surface area contributed by atoms with Crippen LogP contribution in [-0.2, 0) is 20.7 Å². The van der Waals surface area contributed by atoms with Crippen LogP contribution in [0, 0.1) is 5.92 Å². The van der Waals surface area contributed by atoms with E-state index in [4.69, 9.17) is 9.47 Å². The topological polar surface area (TPSA) is 59.1 Å². The lowest BCUT2D eigenvalue weighted by Gasteiger charge is -2.25. The molecule has 2 amide bonds. The SMILES string of the molecule is C=CCN1CCN(C(=O)[C@H]2CCCO2)C[C@@H](Cc2ccc(-c3ccc(OC)cc3)cc2)C1=O. The number of rotatable bonds is 7. The predicted molar refractivity (Wildman–Crippen MR) is 128 cm³/mol. The molecule has 174 valence electrons. The zero-order valence-corrected chi connectivity index (χ0v) is 19.2. The first-order valence-electron chi connectivity index (χ1n) is 11.6. The fourth-order valence-corrected chi connectivity index (χ4v) is 4.61. The maximum absolute atomic E-state index is 13.3. The van der Waals surface area contributed by atoms with Crippen molar-refractivity contribution in [2.24, 2.45) is 5.92 Å². The third-order valence-electron chi connectivity index (χ3n) is 6.47. The summed E-state index contributed by atoms with van der Waals surface area (Å²) < 4.78 is 10.9. The summed E-state index contributed by atoms with van der Waals surface area (Å²) in [7, 11) is 1.66. The highest BCUT2D eigenvalue weighted by atomic mass is 16.5. The number of benzene rings is 2. The van der Waals surface area contributed by atoms with E-state index in [2.05, 4.69) is 30.8 Å². The number of methoxy groups -OCH3 is 1. The Morgan fingerprint density at radius 3 is 2.42 bits per heavy atom. The first kappa shape index (κ1) is 23.1. The van der Waals surface area contributed by atoms with Gasteiger partial charge in [0, 0.05) is 32.8 Å². The van der Waals surface area contributed by atoms with E-state index in [9.17, 15) is 9.59 Å². The number of nitrogens with zero attached hydrogens (tertiary/aromatic N) is 2. The van der Waals surface area contributed by atoms with Crippen LogP contribution >= 0.6 is 0 Å². The molecule has 0 N–H and O–H groups in total. The first-order chi connectivity index (χ1) is 16.1. The number of carbonyl (C=O) groups is 2. The van der Waals surface area contributed by atoms with Gasteiger partial charge in [0.25, 0.3) is 5.91 Å². The van der Waals surface area contributed by atoms with Gasteiger partial charge >= 0.3 is 0 Å². The molecule has 33 heavy (non-hydrogen) atoms. The molecule has 0 unspecified atom stereocenters. The zero-order chi connectivity index (χ0) is 23.2. The second-order valence-corrected chi connectivity index (χ2v) is 8.69. The van der Waals surface area contributed by atoms with Gasteiger partial charge in [-0.1, -0.05) is 42.5 Å². The minimum absolute atomic E-state index is 0.0145. The Balaban J connectivity index is 1.49. The van der Waals surface area contributed by atoms with Gasteiger partial charge in [-0.15, -0.1) is 6.58 Å². The molecule has 2 aliphatic rings. The molecule has 0 aromatic heterocycles. The van der Waals surface area contributed by atoms with Gasteiger partial charge in [-0.05, 0) is 48.1 Å². The summed E-state index contributed by atoms with van der Waals surface area (Å²) in [6, 6.07) is 16.3. The molecule has 2 saturated heterocycles. The molecule has 6 heteroatoms. The molecule has 0 saturated carbocycles. The highest BCUT2D eigenvalue weighted by molar-refractivity contribution is 5.84. The molecule has 2 aromatic rings. The van der Waals surface area contributed by atoms with Crippen LogP contribution in [0.3, 0.4) is 0 Å². The lowest BCUT2D eigenvalue weighted by molar-refractivity contribution is -0.141. The molecule has 2 fully saturated rings. The Kier molecular flexibility index (Phi) is 7.45. The van der Waals surface area contributed by atoms with Gasteiger partial charge in [0.05, 0.1) is 13.0 Å². The van der Waals surface area contributed by atoms with Crippen molar-refractivity contribution in [2.45, 2.75) is 25.4 Å². The van der Waals surface area contributed by atoms with E-state index in [0.29, 0.717) is 39.2 Å². The van der Waals surface area contributed by atoms with Crippen LogP contribution in [0.4, 0.5) is 0 Å². The lowest BCUT2D eigenvalue weighted by atomic mass is 9.95. The fraction of sp³-hybridized carbons (Fsp3) is 0.407. The largest absolute Gasteiger partial charge is 0.497 e. The van der Waals surface area contributed by atoms with Crippen LogP contribution in [0.1, 0.15) is 18.4 Å². The fourth-order valence-electron chi connectivity index (χ4n) is 4.61. The van der Waals surface area contributed by atoms with Gasteiger partial charge in [0.2, 0.25) is 5.91 Å². The molecule has 2 aromatic carbocycles. The van der Waals surface area contributed by atoms with Crippen LogP contribution in [-0.4, -0.2) is 67.6 Å². The Morgan fingerprint density at radius 2 is 1.82 bits per heavy atom. The van der Waals surface area contributed by atoms with Gasteiger partial charge in [-0.25, -0.2) is 0 Å². The third kappa shape index (κ3) is 5.45. The summed E-state index contributed by atoms with van der Waals surface area (Å²) in [6.45, 7) is 6.40. The van der Waals surface area contributed by atoms with Crippen molar-refractivity contribution in [3.63, 3.8) is 0 Å². The summed E-state index contributed by atoms with van der Waals surface area (Å²) in [5.74, 6) is 0.635. The van der Waals surface area contributed by atoms with Crippen LogP contribution in [0.2, 0.25) is 0 Å². The van der Waals surface area contributed by atoms with Crippen LogP contribution in [0.25, 0.3) is 11.1 Å². The van der Waals surface area contributed by atoms with Crippen molar-refractivity contribution >= 4 is 11.8 Å². The molecule has 2 aliphatic heterocycles. The number of amides is 2. The smallest absolute Gasteiger partial charge is 0.251 e. The summed E-state index contributed by atoms with van der Waals surface area (Å²) in [4.78, 5) is 29.9. The monoisotopic (exact) mass is 448 g/mol. The van der Waals surface area contributed by atoms with Crippen molar-refractivity contribution in [2.75, 3.05) is 39.9 Å². The molecule has 0 aliphatic carbocycles. The predicted octanol–water partition coefficient (Wildman–Crippen LogP) is 3.56. The maximum Gasteiger partial charge on any atom is 0.251 e. The van der Waals surface area contributed by atoms with Gasteiger partial charge < -0.3 is 19.3 Å². The number of ether oxygens (including phenoxy) is 2. The Labute approximate surface area is 195 Å². The maximum atomic E-state index is 13.3. The van der Waals surface area contributed by atoms with Gasteiger partial charge in [0.15, 0.2) is 0 Å². The van der Waals surface area contributed by atoms with Crippen molar-refractivity contribution in [1.82, 2.24) is 9.80 Å². The van der Waals surface area contributed by atoms with Crippen molar-refractivity contribution < 1.29 is 19.1 Å². The molecule has 4 rings (SSSR count). The van der Waals surface area contributed by atoms with Gasteiger partial charge in [-0.2, -0.15) is 0 Å². The minimum atomic E-state index is -0.365. The standard InChI is InChI=1S/C27H32N2O4/c1-3-14-28-15-16-29(27(31)25-5-4-17-33-25)19-23(26(28)30)18-20-6-8-21(9-7-20)22-10-12-24(32-2)13-11-22/h3,6-13,23,25H,1,4-5,14-19H2,2H3/t23-,25-/m1/s1. The molecule has 0 bridgehead atoms. The van der Waals surface area contributed by atoms with E-state index in [1.54, 1.807) is 13.2 Å². The van der Waals surface area contributed by atoms with E-state index >= 15 is 0 Å². The Morgan fingerprint density at radius 1 is 1.12 bits per heavy atom. The first-order valence-corrected chi connectivity index (χ1v) is 11.6. The molecule has 0 spiro atoms. The quantitative estimate of drug-likeness (QED) is 0.608. The Hall–Kier alpha value is -3.12. The average molecular weight is 449 g/mol. The van der Waals surface area contributed by atoms with Gasteiger partial charge in [0.1, 0.15) is 11.9 Å². The Bertz CT molecular complexity index is 965. The van der Waals surface area contributed by atoms with E-state index in [0.717, 1.165) is 35.3 Å². The molecule has 2 heterocycles. The number of hydrogen-bond donors (Lipinski definition) is 0. The van der Waals surface area contributed by atoms with E-state index < -0.39 is 0 Å². The molecular weight excluding hydrogens is 416 g/mol. The van der Waals surface area contributed by atoms with E-state index in [-0.39, 0.29) is 23.8 Å². The summed E-state index contributed by atoms with van der Waals surface area (Å²) in [6.07, 6.45) is 3.64. The second-order valence-electron chi connectivity index (χ2n) is 8.69. The van der Waals surface area contributed by atoms with Crippen molar-refractivity contribution in [3.8, 4) is 16.9 Å². The minimum Gasteiger partial charge on any atom is -0.497 e. The highest BCUT2D eigenvalue weighted by Crippen LogP contribution is 2.25. The van der Waals surface area contributed by atoms with Gasteiger partial charge in [-0.3, -0.25) is 9.59 Å². The van der Waals surface area contributed by atoms with Crippen LogP contribution in [0.15, 0.2) is 61.2 Å². The van der Waals surface area contributed by atoms with E-state index in [1.807, 2.05) is 34.1 Å². The number of hydrogen-bond acceptors (Lipinski definition) is 4.